The van der Waals surface area contributed by atoms with Crippen molar-refractivity contribution in [2.24, 2.45) is 5.92 Å². The average Bonchev–Trinajstić information content (AvgIpc) is 2.44. The van der Waals surface area contributed by atoms with Crippen molar-refractivity contribution in [3.05, 3.63) is 29.6 Å². The first-order valence-electron chi connectivity index (χ1n) is 7.63. The van der Waals surface area contributed by atoms with Gasteiger partial charge in [0, 0.05) is 29.8 Å². The molecule has 0 saturated heterocycles. The Morgan fingerprint density at radius 2 is 1.67 bits per heavy atom. The van der Waals surface area contributed by atoms with Gasteiger partial charge in [-0.2, -0.15) is 0 Å². The highest BCUT2D eigenvalue weighted by atomic mass is 19.2. The molecule has 2 saturated carbocycles. The van der Waals surface area contributed by atoms with E-state index in [1.54, 1.807) is 0 Å². The Labute approximate surface area is 122 Å². The molecule has 0 amide bonds. The number of nitrogens with one attached hydrogen (secondary N) is 1. The third kappa shape index (κ3) is 2.76. The molecule has 2 aliphatic carbocycles. The number of anilines is 1. The molecular formula is C16H20F3NO. The summed E-state index contributed by atoms with van der Waals surface area (Å²) in [6.45, 7) is 0. The van der Waals surface area contributed by atoms with Crippen LogP contribution >= 0.6 is 0 Å². The van der Waals surface area contributed by atoms with Gasteiger partial charge in [-0.1, -0.05) is 12.8 Å². The molecule has 0 aromatic heterocycles. The summed E-state index contributed by atoms with van der Waals surface area (Å²) in [5.41, 5.74) is -0.420. The summed E-state index contributed by atoms with van der Waals surface area (Å²) in [7, 11) is 0. The average molecular weight is 299 g/mol. The zero-order valence-electron chi connectivity index (χ0n) is 11.8. The first-order valence-corrected chi connectivity index (χ1v) is 7.63. The fraction of sp³-hybridized carbons (Fsp3) is 0.625. The molecule has 3 atom stereocenters. The van der Waals surface area contributed by atoms with Crippen molar-refractivity contribution >= 4 is 5.69 Å². The highest BCUT2D eigenvalue weighted by Crippen LogP contribution is 2.44. The summed E-state index contributed by atoms with van der Waals surface area (Å²) < 4.78 is 39.6. The molecule has 2 aliphatic rings. The van der Waals surface area contributed by atoms with Gasteiger partial charge < -0.3 is 10.4 Å². The quantitative estimate of drug-likeness (QED) is 0.809. The number of hydrogen-bond acceptors (Lipinski definition) is 2. The molecule has 3 unspecified atom stereocenters. The van der Waals surface area contributed by atoms with Crippen molar-refractivity contribution in [3.8, 4) is 0 Å². The van der Waals surface area contributed by atoms with Gasteiger partial charge in [0.15, 0.2) is 17.5 Å². The zero-order chi connectivity index (χ0) is 15.0. The van der Waals surface area contributed by atoms with E-state index in [0.29, 0.717) is 0 Å². The fourth-order valence-electron chi connectivity index (χ4n) is 3.99. The van der Waals surface area contributed by atoms with Crippen LogP contribution in [0.4, 0.5) is 18.9 Å². The van der Waals surface area contributed by atoms with E-state index < -0.39 is 23.1 Å². The lowest BCUT2D eigenvalue weighted by atomic mass is 9.65. The summed E-state index contributed by atoms with van der Waals surface area (Å²) in [6, 6.07) is 1.94. The van der Waals surface area contributed by atoms with Gasteiger partial charge in [-0.25, -0.2) is 13.2 Å². The third-order valence-corrected chi connectivity index (χ3v) is 5.01. The lowest BCUT2D eigenvalue weighted by Gasteiger charge is -2.48. The van der Waals surface area contributed by atoms with Gasteiger partial charge >= 0.3 is 0 Å². The Bertz CT molecular complexity index is 509. The minimum Gasteiger partial charge on any atom is -0.390 e. The Kier molecular flexibility index (Phi) is 3.86. The molecule has 2 N–H and O–H groups in total. The molecule has 0 radical (unpaired) electrons. The second-order valence-electron chi connectivity index (χ2n) is 6.35. The van der Waals surface area contributed by atoms with Crippen LogP contribution in [0.15, 0.2) is 12.1 Å². The maximum atomic E-state index is 13.3. The van der Waals surface area contributed by atoms with Gasteiger partial charge in [-0.3, -0.25) is 0 Å². The second-order valence-corrected chi connectivity index (χ2v) is 6.35. The number of fused-ring (bicyclic) bond motifs is 1. The minimum absolute atomic E-state index is 0.0201. The highest BCUT2D eigenvalue weighted by Gasteiger charge is 2.45. The molecule has 3 rings (SSSR count). The van der Waals surface area contributed by atoms with E-state index >= 15 is 0 Å². The van der Waals surface area contributed by atoms with Crippen LogP contribution in [0, 0.1) is 23.4 Å². The van der Waals surface area contributed by atoms with Crippen LogP contribution in [0.3, 0.4) is 0 Å². The summed E-state index contributed by atoms with van der Waals surface area (Å²) in [5, 5.41) is 13.9. The summed E-state index contributed by atoms with van der Waals surface area (Å²) >= 11 is 0. The molecule has 0 heterocycles. The van der Waals surface area contributed by atoms with Gasteiger partial charge in [0.1, 0.15) is 0 Å². The normalized spacial score (nSPS) is 32.6. The van der Waals surface area contributed by atoms with Crippen LogP contribution in [0.2, 0.25) is 0 Å². The summed E-state index contributed by atoms with van der Waals surface area (Å²) in [4.78, 5) is 0. The maximum absolute atomic E-state index is 13.3. The number of benzene rings is 1. The first-order chi connectivity index (χ1) is 9.99. The van der Waals surface area contributed by atoms with Crippen molar-refractivity contribution in [1.82, 2.24) is 0 Å². The predicted molar refractivity (Wildman–Crippen MR) is 74.5 cm³/mol. The fourth-order valence-corrected chi connectivity index (χ4v) is 3.99. The zero-order valence-corrected chi connectivity index (χ0v) is 11.8. The molecule has 116 valence electrons. The predicted octanol–water partition coefficient (Wildman–Crippen LogP) is 3.99. The highest BCUT2D eigenvalue weighted by molar-refractivity contribution is 5.45. The van der Waals surface area contributed by atoms with Crippen molar-refractivity contribution in [3.63, 3.8) is 0 Å². The van der Waals surface area contributed by atoms with Gasteiger partial charge in [0.25, 0.3) is 0 Å². The monoisotopic (exact) mass is 299 g/mol. The van der Waals surface area contributed by atoms with Crippen LogP contribution in [-0.4, -0.2) is 16.7 Å². The molecule has 0 aliphatic heterocycles. The van der Waals surface area contributed by atoms with Crippen LogP contribution in [-0.2, 0) is 0 Å². The van der Waals surface area contributed by atoms with E-state index in [2.05, 4.69) is 5.32 Å². The molecule has 21 heavy (non-hydrogen) atoms. The molecule has 5 heteroatoms. The molecular weight excluding hydrogens is 279 g/mol. The summed E-state index contributed by atoms with van der Waals surface area (Å²) in [6.07, 6.45) is 6.34. The van der Waals surface area contributed by atoms with E-state index in [4.69, 9.17) is 0 Å². The minimum atomic E-state index is -1.45. The Morgan fingerprint density at radius 3 is 2.38 bits per heavy atom. The number of rotatable bonds is 2. The molecule has 0 spiro atoms. The standard InChI is InChI=1S/C16H20F3NO/c17-12-8-10(9-13(18)15(12)19)20-14-5-3-7-16(21)6-2-1-4-11(14)16/h8-9,11,14,20-21H,1-7H2. The van der Waals surface area contributed by atoms with E-state index in [1.807, 2.05) is 0 Å². The van der Waals surface area contributed by atoms with Gasteiger partial charge in [0.05, 0.1) is 5.60 Å². The van der Waals surface area contributed by atoms with Gasteiger partial charge in [-0.15, -0.1) is 0 Å². The van der Waals surface area contributed by atoms with Crippen molar-refractivity contribution in [2.45, 2.75) is 56.6 Å². The molecule has 2 fully saturated rings. The van der Waals surface area contributed by atoms with Crippen LogP contribution in [0.5, 0.6) is 0 Å². The molecule has 0 bridgehead atoms. The van der Waals surface area contributed by atoms with Gasteiger partial charge in [-0.05, 0) is 32.1 Å². The third-order valence-electron chi connectivity index (χ3n) is 5.01. The second kappa shape index (κ2) is 5.52. The van der Waals surface area contributed by atoms with E-state index in [-0.39, 0.29) is 17.6 Å². The lowest BCUT2D eigenvalue weighted by Crippen LogP contribution is -2.52. The van der Waals surface area contributed by atoms with Crippen LogP contribution in [0.25, 0.3) is 0 Å². The topological polar surface area (TPSA) is 32.3 Å². The summed E-state index contributed by atoms with van der Waals surface area (Å²) in [5.74, 6) is -3.73. The number of aliphatic hydroxyl groups is 1. The number of hydrogen-bond donors (Lipinski definition) is 2. The smallest absolute Gasteiger partial charge is 0.194 e. The van der Waals surface area contributed by atoms with Gasteiger partial charge in [0.2, 0.25) is 0 Å². The molecule has 1 aromatic carbocycles. The Morgan fingerprint density at radius 1 is 1.00 bits per heavy atom. The van der Waals surface area contributed by atoms with Crippen molar-refractivity contribution in [1.29, 1.82) is 0 Å². The number of halogens is 3. The SMILES string of the molecule is OC12CCCCC1C(Nc1cc(F)c(F)c(F)c1)CCC2. The van der Waals surface area contributed by atoms with Crippen LogP contribution < -0.4 is 5.32 Å². The molecule has 1 aromatic rings. The van der Waals surface area contributed by atoms with E-state index in [9.17, 15) is 18.3 Å². The van der Waals surface area contributed by atoms with Crippen molar-refractivity contribution < 1.29 is 18.3 Å². The molecule has 2 nitrogen and oxygen atoms in total. The Balaban J connectivity index is 1.80. The lowest BCUT2D eigenvalue weighted by molar-refractivity contribution is -0.0793. The van der Waals surface area contributed by atoms with Crippen molar-refractivity contribution in [2.75, 3.05) is 5.32 Å². The first kappa shape index (κ1) is 14.7. The Hall–Kier alpha value is -1.23. The van der Waals surface area contributed by atoms with E-state index in [1.165, 1.54) is 0 Å². The maximum Gasteiger partial charge on any atom is 0.194 e. The van der Waals surface area contributed by atoms with E-state index in [0.717, 1.165) is 57.1 Å². The largest absolute Gasteiger partial charge is 0.390 e. The van der Waals surface area contributed by atoms with Crippen LogP contribution in [0.1, 0.15) is 44.9 Å².